The number of rotatable bonds is 5. The van der Waals surface area contributed by atoms with Gasteiger partial charge in [0, 0.05) is 6.42 Å². The van der Waals surface area contributed by atoms with Crippen LogP contribution in [0.1, 0.15) is 50.8 Å². The maximum absolute atomic E-state index is 13.1. The molecule has 1 aliphatic rings. The summed E-state index contributed by atoms with van der Waals surface area (Å²) < 4.78 is 5.35. The monoisotopic (exact) mass is 393 g/mol. The third-order valence-corrected chi connectivity index (χ3v) is 5.07. The van der Waals surface area contributed by atoms with Crippen molar-refractivity contribution in [2.75, 3.05) is 0 Å². The average molecular weight is 393 g/mol. The first kappa shape index (κ1) is 20.8. The SMILES string of the molecule is CC(C)(C)OC(=O)Cc1ccc(C2(C)CC(=O)N(Cc3ccccc3)C2=O)cc1. The van der Waals surface area contributed by atoms with Crippen LogP contribution in [-0.4, -0.2) is 28.3 Å². The van der Waals surface area contributed by atoms with Gasteiger partial charge in [-0.1, -0.05) is 54.6 Å². The van der Waals surface area contributed by atoms with E-state index in [0.29, 0.717) is 0 Å². The van der Waals surface area contributed by atoms with E-state index in [2.05, 4.69) is 0 Å². The average Bonchev–Trinajstić information content (AvgIpc) is 2.86. The van der Waals surface area contributed by atoms with Gasteiger partial charge in [0.2, 0.25) is 11.8 Å². The number of amides is 2. The van der Waals surface area contributed by atoms with E-state index in [9.17, 15) is 14.4 Å². The minimum absolute atomic E-state index is 0.143. The van der Waals surface area contributed by atoms with Gasteiger partial charge in [0.15, 0.2) is 0 Å². The van der Waals surface area contributed by atoms with Crippen molar-refractivity contribution in [3.8, 4) is 0 Å². The summed E-state index contributed by atoms with van der Waals surface area (Å²) in [7, 11) is 0. The summed E-state index contributed by atoms with van der Waals surface area (Å²) in [5.74, 6) is -0.650. The molecule has 5 nitrogen and oxygen atoms in total. The lowest BCUT2D eigenvalue weighted by Crippen LogP contribution is -2.36. The largest absolute Gasteiger partial charge is 0.460 e. The molecular weight excluding hydrogens is 366 g/mol. The first-order chi connectivity index (χ1) is 13.6. The second-order valence-corrected chi connectivity index (χ2v) is 8.74. The maximum atomic E-state index is 13.1. The Balaban J connectivity index is 1.73. The number of carbonyl (C=O) groups excluding carboxylic acids is 3. The van der Waals surface area contributed by atoms with Crippen LogP contribution < -0.4 is 0 Å². The zero-order chi connectivity index (χ0) is 21.2. The molecule has 0 aromatic heterocycles. The Morgan fingerprint density at radius 2 is 1.62 bits per heavy atom. The van der Waals surface area contributed by atoms with Gasteiger partial charge in [-0.2, -0.15) is 0 Å². The Bertz CT molecular complexity index is 912. The molecule has 1 unspecified atom stereocenters. The van der Waals surface area contributed by atoms with Crippen LogP contribution >= 0.6 is 0 Å². The van der Waals surface area contributed by atoms with Crippen molar-refractivity contribution in [2.24, 2.45) is 0 Å². The summed E-state index contributed by atoms with van der Waals surface area (Å²) in [5.41, 5.74) is 1.09. The van der Waals surface area contributed by atoms with E-state index in [1.165, 1.54) is 4.90 Å². The number of hydrogen-bond donors (Lipinski definition) is 0. The number of nitrogens with zero attached hydrogens (tertiary/aromatic N) is 1. The van der Waals surface area contributed by atoms with E-state index >= 15 is 0 Å². The number of likely N-dealkylation sites (tertiary alicyclic amines) is 1. The Morgan fingerprint density at radius 1 is 1.00 bits per heavy atom. The summed E-state index contributed by atoms with van der Waals surface area (Å²) in [4.78, 5) is 39.0. The molecule has 1 saturated heterocycles. The zero-order valence-corrected chi connectivity index (χ0v) is 17.4. The molecule has 0 radical (unpaired) electrons. The van der Waals surface area contributed by atoms with Crippen molar-refractivity contribution in [3.63, 3.8) is 0 Å². The fourth-order valence-electron chi connectivity index (χ4n) is 3.57. The molecule has 1 fully saturated rings. The number of benzene rings is 2. The molecule has 0 spiro atoms. The van der Waals surface area contributed by atoms with Gasteiger partial charge in [0.25, 0.3) is 0 Å². The quantitative estimate of drug-likeness (QED) is 0.573. The molecule has 5 heteroatoms. The molecule has 2 aromatic rings. The molecule has 0 N–H and O–H groups in total. The Morgan fingerprint density at radius 3 is 2.21 bits per heavy atom. The molecule has 3 rings (SSSR count). The highest BCUT2D eigenvalue weighted by Gasteiger charge is 2.49. The Labute approximate surface area is 171 Å². The fourth-order valence-corrected chi connectivity index (χ4v) is 3.57. The van der Waals surface area contributed by atoms with Crippen molar-refractivity contribution in [3.05, 3.63) is 71.3 Å². The normalized spacial score (nSPS) is 19.5. The van der Waals surface area contributed by atoms with Crippen LogP contribution in [0, 0.1) is 0 Å². The molecule has 1 heterocycles. The first-order valence-corrected chi connectivity index (χ1v) is 9.78. The highest BCUT2D eigenvalue weighted by molar-refractivity contribution is 6.08. The van der Waals surface area contributed by atoms with E-state index in [1.807, 2.05) is 75.4 Å². The van der Waals surface area contributed by atoms with Gasteiger partial charge >= 0.3 is 5.97 Å². The van der Waals surface area contributed by atoms with Gasteiger partial charge in [0.05, 0.1) is 18.4 Å². The lowest BCUT2D eigenvalue weighted by molar-refractivity contribution is -0.154. The summed E-state index contributed by atoms with van der Waals surface area (Å²) >= 11 is 0. The van der Waals surface area contributed by atoms with Crippen LogP contribution in [0.3, 0.4) is 0 Å². The third-order valence-electron chi connectivity index (χ3n) is 5.07. The maximum Gasteiger partial charge on any atom is 0.310 e. The van der Waals surface area contributed by atoms with Crippen molar-refractivity contribution < 1.29 is 19.1 Å². The lowest BCUT2D eigenvalue weighted by atomic mass is 9.80. The van der Waals surface area contributed by atoms with Crippen LogP contribution in [0.25, 0.3) is 0 Å². The first-order valence-electron chi connectivity index (χ1n) is 9.78. The lowest BCUT2D eigenvalue weighted by Gasteiger charge is -2.23. The summed E-state index contributed by atoms with van der Waals surface area (Å²) in [6, 6.07) is 16.8. The Hall–Kier alpha value is -2.95. The molecule has 1 aliphatic heterocycles. The van der Waals surface area contributed by atoms with Crippen LogP contribution in [0.15, 0.2) is 54.6 Å². The van der Waals surface area contributed by atoms with Crippen LogP contribution in [0.2, 0.25) is 0 Å². The summed E-state index contributed by atoms with van der Waals surface area (Å²) in [6.45, 7) is 7.59. The van der Waals surface area contributed by atoms with Crippen molar-refractivity contribution >= 4 is 17.8 Å². The van der Waals surface area contributed by atoms with Gasteiger partial charge < -0.3 is 4.74 Å². The topological polar surface area (TPSA) is 63.7 Å². The molecule has 29 heavy (non-hydrogen) atoms. The molecule has 2 aromatic carbocycles. The van der Waals surface area contributed by atoms with Crippen LogP contribution in [-0.2, 0) is 37.5 Å². The molecular formula is C24H27NO4. The Kier molecular flexibility index (Phi) is 5.60. The van der Waals surface area contributed by atoms with Crippen molar-refractivity contribution in [1.29, 1.82) is 0 Å². The highest BCUT2D eigenvalue weighted by atomic mass is 16.6. The molecule has 2 amide bonds. The van der Waals surface area contributed by atoms with Crippen LogP contribution in [0.5, 0.6) is 0 Å². The molecule has 0 aliphatic carbocycles. The smallest absolute Gasteiger partial charge is 0.310 e. The van der Waals surface area contributed by atoms with E-state index < -0.39 is 11.0 Å². The predicted octanol–water partition coefficient (Wildman–Crippen LogP) is 3.79. The number of hydrogen-bond acceptors (Lipinski definition) is 4. The molecule has 152 valence electrons. The third kappa shape index (κ3) is 4.73. The number of imide groups is 1. The van der Waals surface area contributed by atoms with Crippen molar-refractivity contribution in [2.45, 2.75) is 58.1 Å². The number of ether oxygens (including phenoxy) is 1. The van der Waals surface area contributed by atoms with E-state index in [0.717, 1.165) is 16.7 Å². The predicted molar refractivity (Wildman–Crippen MR) is 110 cm³/mol. The van der Waals surface area contributed by atoms with Gasteiger partial charge in [0.1, 0.15) is 5.60 Å². The van der Waals surface area contributed by atoms with Crippen molar-refractivity contribution in [1.82, 2.24) is 4.90 Å². The van der Waals surface area contributed by atoms with Gasteiger partial charge in [-0.15, -0.1) is 0 Å². The minimum atomic E-state index is -0.893. The summed E-state index contributed by atoms with van der Waals surface area (Å²) in [5, 5.41) is 0. The van der Waals surface area contributed by atoms with E-state index in [-0.39, 0.29) is 37.2 Å². The second kappa shape index (κ2) is 7.82. The van der Waals surface area contributed by atoms with E-state index in [4.69, 9.17) is 4.74 Å². The van der Waals surface area contributed by atoms with Gasteiger partial charge in [-0.3, -0.25) is 19.3 Å². The fraction of sp³-hybridized carbons (Fsp3) is 0.375. The zero-order valence-electron chi connectivity index (χ0n) is 17.4. The highest BCUT2D eigenvalue weighted by Crippen LogP contribution is 2.37. The minimum Gasteiger partial charge on any atom is -0.460 e. The molecule has 0 saturated carbocycles. The molecule has 0 bridgehead atoms. The van der Waals surface area contributed by atoms with Gasteiger partial charge in [-0.05, 0) is 44.4 Å². The molecule has 1 atom stereocenters. The number of esters is 1. The second-order valence-electron chi connectivity index (χ2n) is 8.74. The summed E-state index contributed by atoms with van der Waals surface area (Å²) in [6.07, 6.45) is 0.311. The van der Waals surface area contributed by atoms with Gasteiger partial charge in [-0.25, -0.2) is 0 Å². The number of carbonyl (C=O) groups is 3. The van der Waals surface area contributed by atoms with Crippen LogP contribution in [0.4, 0.5) is 0 Å². The van der Waals surface area contributed by atoms with E-state index in [1.54, 1.807) is 6.92 Å². The standard InChI is InChI=1S/C24H27NO4/c1-23(2,3)29-21(27)14-17-10-12-19(13-11-17)24(4)15-20(26)25(22(24)28)16-18-8-6-5-7-9-18/h5-13H,14-16H2,1-4H3.